The molecule has 10 heteroatoms. The molecule has 1 aromatic heterocycles. The van der Waals surface area contributed by atoms with Crippen molar-refractivity contribution in [3.8, 4) is 11.6 Å². The van der Waals surface area contributed by atoms with Gasteiger partial charge in [-0.25, -0.2) is 13.8 Å². The maximum absolute atomic E-state index is 13.4. The van der Waals surface area contributed by atoms with E-state index in [-0.39, 0.29) is 30.2 Å². The molecule has 0 aliphatic carbocycles. The van der Waals surface area contributed by atoms with Crippen molar-refractivity contribution in [2.45, 2.75) is 44.6 Å². The summed E-state index contributed by atoms with van der Waals surface area (Å²) in [5.41, 5.74) is 1.34. The third-order valence-electron chi connectivity index (χ3n) is 5.16. The average molecular weight is 480 g/mol. The summed E-state index contributed by atoms with van der Waals surface area (Å²) in [6.45, 7) is 0.776. The van der Waals surface area contributed by atoms with Crippen molar-refractivity contribution >= 4 is 11.8 Å². The lowest BCUT2D eigenvalue weighted by atomic mass is 10.0. The first-order valence-electron chi connectivity index (χ1n) is 11.1. The lowest BCUT2D eigenvalue weighted by Gasteiger charge is -2.16. The van der Waals surface area contributed by atoms with Gasteiger partial charge in [0.15, 0.2) is 17.4 Å². The van der Waals surface area contributed by atoms with Gasteiger partial charge in [0.1, 0.15) is 6.42 Å². The fourth-order valence-electron chi connectivity index (χ4n) is 3.34. The highest BCUT2D eigenvalue weighted by molar-refractivity contribution is 5.96. The number of hydrogen-bond donors (Lipinski definition) is 3. The molecular weight excluding hydrogens is 448 g/mol. The van der Waals surface area contributed by atoms with E-state index < -0.39 is 17.4 Å². The van der Waals surface area contributed by atoms with Crippen LogP contribution in [0.15, 0.2) is 30.3 Å². The van der Waals surface area contributed by atoms with E-state index in [2.05, 4.69) is 15.6 Å². The van der Waals surface area contributed by atoms with Gasteiger partial charge in [-0.05, 0) is 61.9 Å². The zero-order valence-electron chi connectivity index (χ0n) is 19.4. The summed E-state index contributed by atoms with van der Waals surface area (Å²) in [5.74, 6) is -2.43. The zero-order valence-corrected chi connectivity index (χ0v) is 19.4. The van der Waals surface area contributed by atoms with Crippen LogP contribution >= 0.6 is 0 Å². The minimum absolute atomic E-state index is 0.0377. The number of halogens is 2. The number of benzene rings is 1. The van der Waals surface area contributed by atoms with Gasteiger partial charge in [-0.3, -0.25) is 9.59 Å². The molecule has 0 bridgehead atoms. The molecule has 8 nitrogen and oxygen atoms in total. The van der Waals surface area contributed by atoms with Crippen molar-refractivity contribution in [3.05, 3.63) is 53.2 Å². The van der Waals surface area contributed by atoms with Crippen LogP contribution in [0.25, 0.3) is 0 Å². The van der Waals surface area contributed by atoms with Gasteiger partial charge in [-0.1, -0.05) is 6.07 Å². The molecule has 2 aromatic rings. The van der Waals surface area contributed by atoms with Crippen LogP contribution in [-0.2, 0) is 20.7 Å². The number of ether oxygens (including phenoxy) is 2. The Morgan fingerprint density at radius 2 is 1.68 bits per heavy atom. The fourth-order valence-corrected chi connectivity index (χ4v) is 3.34. The lowest BCUT2D eigenvalue weighted by molar-refractivity contribution is -0.129. The summed E-state index contributed by atoms with van der Waals surface area (Å²) < 4.78 is 36.8. The molecule has 0 radical (unpaired) electrons. The first-order chi connectivity index (χ1) is 16.3. The monoisotopic (exact) mass is 479 g/mol. The van der Waals surface area contributed by atoms with Crippen LogP contribution in [0.1, 0.15) is 49.5 Å². The molecule has 1 unspecified atom stereocenters. The number of nitrogens with one attached hydrogen (secondary N) is 2. The van der Waals surface area contributed by atoms with Crippen molar-refractivity contribution in [3.63, 3.8) is 0 Å². The van der Waals surface area contributed by atoms with Crippen LogP contribution in [0.2, 0.25) is 0 Å². The van der Waals surface area contributed by atoms with Gasteiger partial charge in [0.25, 0.3) is 0 Å². The Morgan fingerprint density at radius 1 is 1.00 bits per heavy atom. The largest absolute Gasteiger partial charge is 0.505 e. The quantitative estimate of drug-likeness (QED) is 0.284. The van der Waals surface area contributed by atoms with E-state index in [1.54, 1.807) is 12.1 Å². The van der Waals surface area contributed by atoms with Gasteiger partial charge in [-0.2, -0.15) is 0 Å². The summed E-state index contributed by atoms with van der Waals surface area (Å²) in [4.78, 5) is 27.9. The number of amides is 2. The Bertz CT molecular complexity index is 958. The molecule has 186 valence electrons. The number of methoxy groups -OCH3 is 2. The SMILES string of the molecule is COc1nc(CCCCNC(=O)CC(=O)NCCCC(OC)c2ccc(F)c(O)c2)ccc1F. The number of aromatic nitrogens is 1. The van der Waals surface area contributed by atoms with Gasteiger partial charge in [0.2, 0.25) is 17.7 Å². The van der Waals surface area contributed by atoms with Gasteiger partial charge in [0, 0.05) is 25.9 Å². The van der Waals surface area contributed by atoms with Crippen molar-refractivity contribution in [1.29, 1.82) is 0 Å². The summed E-state index contributed by atoms with van der Waals surface area (Å²) in [6, 6.07) is 6.94. The molecule has 2 rings (SSSR count). The van der Waals surface area contributed by atoms with E-state index in [4.69, 9.17) is 9.47 Å². The molecule has 1 heterocycles. The van der Waals surface area contributed by atoms with Crippen LogP contribution in [0.5, 0.6) is 11.6 Å². The van der Waals surface area contributed by atoms with E-state index in [1.165, 1.54) is 32.4 Å². The third-order valence-corrected chi connectivity index (χ3v) is 5.16. The van der Waals surface area contributed by atoms with Crippen molar-refractivity contribution in [2.75, 3.05) is 27.3 Å². The number of nitrogens with zero attached hydrogens (tertiary/aromatic N) is 1. The predicted molar refractivity (Wildman–Crippen MR) is 121 cm³/mol. The molecule has 0 aliphatic heterocycles. The number of phenols is 1. The van der Waals surface area contributed by atoms with Crippen molar-refractivity contribution < 1.29 is 33.0 Å². The number of rotatable bonds is 14. The van der Waals surface area contributed by atoms with Crippen LogP contribution in [0, 0.1) is 11.6 Å². The number of hydrogen-bond acceptors (Lipinski definition) is 6. The van der Waals surface area contributed by atoms with E-state index in [1.807, 2.05) is 0 Å². The van der Waals surface area contributed by atoms with E-state index in [0.717, 1.165) is 6.42 Å². The standard InChI is InChI=1S/C24H31F2N3O5/c1-33-21(16-8-10-18(25)20(30)14-16)7-5-13-28-23(32)15-22(31)27-12-4-3-6-17-9-11-19(26)24(29-17)34-2/h8-11,14,21,30H,3-7,12-13,15H2,1-2H3,(H,27,31)(H,28,32). The number of aromatic hydroxyl groups is 1. The molecule has 0 saturated heterocycles. The molecule has 0 saturated carbocycles. The highest BCUT2D eigenvalue weighted by Crippen LogP contribution is 2.26. The minimum atomic E-state index is -0.699. The molecule has 0 fully saturated rings. The second kappa shape index (κ2) is 14.1. The van der Waals surface area contributed by atoms with Crippen LogP contribution < -0.4 is 15.4 Å². The molecule has 1 aromatic carbocycles. The topological polar surface area (TPSA) is 110 Å². The lowest BCUT2D eigenvalue weighted by Crippen LogP contribution is -2.33. The second-order valence-corrected chi connectivity index (χ2v) is 7.70. The highest BCUT2D eigenvalue weighted by atomic mass is 19.1. The average Bonchev–Trinajstić information content (AvgIpc) is 2.81. The second-order valence-electron chi connectivity index (χ2n) is 7.70. The number of pyridine rings is 1. The number of phenolic OH excluding ortho intramolecular Hbond substituents is 1. The first kappa shape index (κ1) is 27.0. The van der Waals surface area contributed by atoms with Crippen LogP contribution in [0.3, 0.4) is 0 Å². The van der Waals surface area contributed by atoms with E-state index in [0.29, 0.717) is 50.0 Å². The fraction of sp³-hybridized carbons (Fsp3) is 0.458. The first-order valence-corrected chi connectivity index (χ1v) is 11.1. The molecule has 2 amide bonds. The number of aryl methyl sites for hydroxylation is 1. The van der Waals surface area contributed by atoms with Gasteiger partial charge < -0.3 is 25.2 Å². The summed E-state index contributed by atoms with van der Waals surface area (Å²) in [7, 11) is 2.87. The normalized spacial score (nSPS) is 11.6. The maximum atomic E-state index is 13.4. The maximum Gasteiger partial charge on any atom is 0.250 e. The molecular formula is C24H31F2N3O5. The molecule has 0 spiro atoms. The molecule has 1 atom stereocenters. The Labute approximate surface area is 197 Å². The summed E-state index contributed by atoms with van der Waals surface area (Å²) in [6.07, 6.45) is 2.54. The summed E-state index contributed by atoms with van der Waals surface area (Å²) >= 11 is 0. The Kier molecular flexibility index (Phi) is 11.2. The smallest absolute Gasteiger partial charge is 0.250 e. The van der Waals surface area contributed by atoms with Crippen LogP contribution in [-0.4, -0.2) is 49.2 Å². The summed E-state index contributed by atoms with van der Waals surface area (Å²) in [5, 5.41) is 14.9. The Balaban J connectivity index is 1.58. The van der Waals surface area contributed by atoms with Crippen molar-refractivity contribution in [1.82, 2.24) is 15.6 Å². The van der Waals surface area contributed by atoms with Crippen LogP contribution in [0.4, 0.5) is 8.78 Å². The number of carbonyl (C=O) groups excluding carboxylic acids is 2. The molecule has 34 heavy (non-hydrogen) atoms. The van der Waals surface area contributed by atoms with Gasteiger partial charge >= 0.3 is 0 Å². The minimum Gasteiger partial charge on any atom is -0.505 e. The predicted octanol–water partition coefficient (Wildman–Crippen LogP) is 3.19. The zero-order chi connectivity index (χ0) is 24.9. The Hall–Kier alpha value is -3.27. The molecule has 3 N–H and O–H groups in total. The van der Waals surface area contributed by atoms with E-state index in [9.17, 15) is 23.5 Å². The number of unbranched alkanes of at least 4 members (excludes halogenated alkanes) is 1. The highest BCUT2D eigenvalue weighted by Gasteiger charge is 2.14. The van der Waals surface area contributed by atoms with Gasteiger partial charge in [0.05, 0.1) is 13.2 Å². The number of carbonyl (C=O) groups is 2. The Morgan fingerprint density at radius 3 is 2.32 bits per heavy atom. The molecule has 0 aliphatic rings. The van der Waals surface area contributed by atoms with E-state index >= 15 is 0 Å². The van der Waals surface area contributed by atoms with Gasteiger partial charge in [-0.15, -0.1) is 0 Å². The van der Waals surface area contributed by atoms with Crippen molar-refractivity contribution in [2.24, 2.45) is 0 Å². The third kappa shape index (κ3) is 8.93.